The molecule has 0 N–H and O–H groups in total. The van der Waals surface area contributed by atoms with Crippen LogP contribution in [0.15, 0.2) is 83.3 Å². The second kappa shape index (κ2) is 26.4. The molecule has 0 saturated carbocycles. The van der Waals surface area contributed by atoms with Gasteiger partial charge in [-0.15, -0.1) is 0 Å². The zero-order valence-corrected chi connectivity index (χ0v) is 37.2. The number of halogens is 1. The lowest BCUT2D eigenvalue weighted by atomic mass is 10.0. The Balaban J connectivity index is 1.45. The largest absolute Gasteiger partial charge is 0.493 e. The average Bonchev–Trinajstić information content (AvgIpc) is 3.16. The maximum atomic E-state index is 12.8. The van der Waals surface area contributed by atoms with E-state index in [0.29, 0.717) is 19.6 Å². The third-order valence-corrected chi connectivity index (χ3v) is 16.2. The van der Waals surface area contributed by atoms with Crippen molar-refractivity contribution in [2.45, 2.75) is 181 Å². The molecule has 0 unspecified atom stereocenters. The molecule has 0 radical (unpaired) electrons. The van der Waals surface area contributed by atoms with Crippen molar-refractivity contribution in [2.24, 2.45) is 0 Å². The van der Waals surface area contributed by atoms with Crippen LogP contribution < -0.4 is 15.1 Å². The lowest BCUT2D eigenvalue weighted by molar-refractivity contribution is -0.150. The highest BCUT2D eigenvalue weighted by molar-refractivity contribution is 9.10. The van der Waals surface area contributed by atoms with Crippen molar-refractivity contribution in [3.63, 3.8) is 0 Å². The summed E-state index contributed by atoms with van der Waals surface area (Å²) in [5.74, 6) is 0.888. The van der Waals surface area contributed by atoms with Gasteiger partial charge in [0, 0.05) is 16.5 Å². The first kappa shape index (κ1) is 46.0. The number of rotatable bonds is 29. The van der Waals surface area contributed by atoms with Crippen molar-refractivity contribution >= 4 is 40.6 Å². The first-order valence-corrected chi connectivity index (χ1v) is 24.3. The van der Waals surface area contributed by atoms with Gasteiger partial charge in [-0.05, 0) is 72.1 Å². The molecule has 0 fully saturated rings. The summed E-state index contributed by atoms with van der Waals surface area (Å²) in [4.78, 5) is 12.8. The number of unbranched alkanes of at least 4 members (excludes halogenated alkanes) is 14. The Hall–Kier alpha value is -2.41. The van der Waals surface area contributed by atoms with Crippen LogP contribution in [0.25, 0.3) is 0 Å². The van der Waals surface area contributed by atoms with Gasteiger partial charge in [-0.2, -0.15) is 0 Å². The third kappa shape index (κ3) is 16.4. The fraction of sp³-hybridized carbons (Fsp3) is 0.604. The first-order chi connectivity index (χ1) is 26.2. The smallest absolute Gasteiger partial charge is 0.306 e. The fourth-order valence-corrected chi connectivity index (χ4v) is 12.6. The van der Waals surface area contributed by atoms with Crippen LogP contribution in [0.1, 0.15) is 169 Å². The molecule has 0 heterocycles. The lowest BCUT2D eigenvalue weighted by Crippen LogP contribution is -2.66. The summed E-state index contributed by atoms with van der Waals surface area (Å²) in [7, 11) is -2.67. The first-order valence-electron chi connectivity index (χ1n) is 21.6. The Morgan fingerprint density at radius 3 is 1.69 bits per heavy atom. The Kier molecular flexibility index (Phi) is 22.5. The number of hydrogen-bond acceptors (Lipinski definition) is 4. The Bertz CT molecular complexity index is 1350. The van der Waals surface area contributed by atoms with E-state index in [4.69, 9.17) is 13.9 Å². The number of carbonyl (C=O) groups is 1. The molecule has 0 aliphatic heterocycles. The van der Waals surface area contributed by atoms with Gasteiger partial charge in [-0.3, -0.25) is 4.79 Å². The van der Waals surface area contributed by atoms with Gasteiger partial charge in [0.1, 0.15) is 11.9 Å². The number of hydrogen-bond donors (Lipinski definition) is 0. The van der Waals surface area contributed by atoms with Gasteiger partial charge in [0.05, 0.1) is 13.2 Å². The molecule has 4 nitrogen and oxygen atoms in total. The van der Waals surface area contributed by atoms with Crippen molar-refractivity contribution in [3.8, 4) is 5.75 Å². The number of carbonyl (C=O) groups excluding carboxylic acids is 1. The van der Waals surface area contributed by atoms with Gasteiger partial charge in [-0.25, -0.2) is 0 Å². The topological polar surface area (TPSA) is 44.8 Å². The van der Waals surface area contributed by atoms with Gasteiger partial charge in [-0.1, -0.05) is 195 Å². The standard InChI is InChI=1S/C48H73BrO4Si/c1-6-8-10-12-15-21-29-43(30-22-16-13-11-9-7-2)53-47(50)35-27-17-14-18-28-38-51-46-37-36-42(49)39-41(46)40-52-54(48(3,4)5,44-31-23-19-24-32-44)45-33-25-20-26-34-45/h19-20,23-26,31-34,36-37,39,43H,6-18,21-22,27-30,35,38,40H2,1-5H3. The minimum absolute atomic E-state index is 0.00311. The van der Waals surface area contributed by atoms with Gasteiger partial charge >= 0.3 is 5.97 Å². The molecule has 0 saturated heterocycles. The molecule has 0 aliphatic rings. The predicted octanol–water partition coefficient (Wildman–Crippen LogP) is 13.7. The Morgan fingerprint density at radius 1 is 0.648 bits per heavy atom. The predicted molar refractivity (Wildman–Crippen MR) is 236 cm³/mol. The number of benzene rings is 3. The van der Waals surface area contributed by atoms with Crippen LogP contribution in [-0.4, -0.2) is 27.0 Å². The molecule has 3 aromatic carbocycles. The second-order valence-corrected chi connectivity index (χ2v) is 21.5. The highest BCUT2D eigenvalue weighted by Gasteiger charge is 2.50. The SMILES string of the molecule is CCCCCCCCC(CCCCCCCC)OC(=O)CCCCCCCOc1ccc(Br)cc1CO[Si](c1ccccc1)(c1ccccc1)C(C)(C)C. The van der Waals surface area contributed by atoms with E-state index < -0.39 is 8.32 Å². The highest BCUT2D eigenvalue weighted by atomic mass is 79.9. The highest BCUT2D eigenvalue weighted by Crippen LogP contribution is 2.38. The van der Waals surface area contributed by atoms with E-state index in [0.717, 1.165) is 60.7 Å². The van der Waals surface area contributed by atoms with Crippen molar-refractivity contribution in [1.29, 1.82) is 0 Å². The Labute approximate surface area is 339 Å². The van der Waals surface area contributed by atoms with E-state index >= 15 is 0 Å². The number of ether oxygens (including phenoxy) is 2. The molecule has 54 heavy (non-hydrogen) atoms. The van der Waals surface area contributed by atoms with Gasteiger partial charge in [0.15, 0.2) is 0 Å². The van der Waals surface area contributed by atoms with E-state index in [1.54, 1.807) is 0 Å². The van der Waals surface area contributed by atoms with Crippen LogP contribution in [-0.2, 0) is 20.6 Å². The van der Waals surface area contributed by atoms with Gasteiger partial charge < -0.3 is 13.9 Å². The molecule has 0 aliphatic carbocycles. The summed E-state index contributed by atoms with van der Waals surface area (Å²) >= 11 is 3.70. The van der Waals surface area contributed by atoms with Crippen molar-refractivity contribution < 1.29 is 18.7 Å². The molecule has 0 spiro atoms. The van der Waals surface area contributed by atoms with Gasteiger partial charge in [0.2, 0.25) is 0 Å². The molecule has 0 atom stereocenters. The second-order valence-electron chi connectivity index (χ2n) is 16.3. The van der Waals surface area contributed by atoms with E-state index in [1.807, 2.05) is 6.07 Å². The number of esters is 1. The van der Waals surface area contributed by atoms with Crippen LogP contribution in [0, 0.1) is 0 Å². The molecule has 0 aromatic heterocycles. The summed E-state index contributed by atoms with van der Waals surface area (Å²) in [6, 6.07) is 27.8. The summed E-state index contributed by atoms with van der Waals surface area (Å²) < 4.78 is 20.7. The third-order valence-electron chi connectivity index (χ3n) is 10.7. The summed E-state index contributed by atoms with van der Waals surface area (Å²) in [5, 5.41) is 2.45. The average molecular weight is 822 g/mol. The monoisotopic (exact) mass is 820 g/mol. The molecule has 6 heteroatoms. The van der Waals surface area contributed by atoms with Crippen LogP contribution in [0.4, 0.5) is 0 Å². The minimum atomic E-state index is -2.67. The molecule has 3 aromatic rings. The van der Waals surface area contributed by atoms with Crippen molar-refractivity contribution in [2.75, 3.05) is 6.61 Å². The van der Waals surface area contributed by atoms with Crippen molar-refractivity contribution in [1.82, 2.24) is 0 Å². The van der Waals surface area contributed by atoms with E-state index in [9.17, 15) is 4.79 Å². The molecular weight excluding hydrogens is 749 g/mol. The van der Waals surface area contributed by atoms with Crippen LogP contribution >= 0.6 is 15.9 Å². The zero-order valence-electron chi connectivity index (χ0n) is 34.7. The lowest BCUT2D eigenvalue weighted by Gasteiger charge is -2.43. The molecule has 0 amide bonds. The molecular formula is C48H73BrO4Si. The zero-order chi connectivity index (χ0) is 38.9. The summed E-state index contributed by atoms with van der Waals surface area (Å²) in [5.41, 5.74) is 1.06. The van der Waals surface area contributed by atoms with E-state index in [2.05, 4.69) is 123 Å². The van der Waals surface area contributed by atoms with Gasteiger partial charge in [0.25, 0.3) is 8.32 Å². The van der Waals surface area contributed by atoms with E-state index in [-0.39, 0.29) is 17.1 Å². The molecule has 3 rings (SSSR count). The normalized spacial score (nSPS) is 12.0. The summed E-state index contributed by atoms with van der Waals surface area (Å²) in [6.45, 7) is 12.6. The molecule has 300 valence electrons. The fourth-order valence-electron chi connectivity index (χ4n) is 7.64. The summed E-state index contributed by atoms with van der Waals surface area (Å²) in [6.07, 6.45) is 23.1. The quantitative estimate of drug-likeness (QED) is 0.0397. The van der Waals surface area contributed by atoms with Crippen LogP contribution in [0.5, 0.6) is 5.75 Å². The van der Waals surface area contributed by atoms with E-state index in [1.165, 1.54) is 87.4 Å². The Morgan fingerprint density at radius 2 is 1.15 bits per heavy atom. The molecule has 0 bridgehead atoms. The van der Waals surface area contributed by atoms with Crippen molar-refractivity contribution in [3.05, 3.63) is 88.9 Å². The maximum absolute atomic E-state index is 12.8. The van der Waals surface area contributed by atoms with Crippen LogP contribution in [0.3, 0.4) is 0 Å². The van der Waals surface area contributed by atoms with Crippen LogP contribution in [0.2, 0.25) is 5.04 Å². The maximum Gasteiger partial charge on any atom is 0.306 e. The minimum Gasteiger partial charge on any atom is -0.493 e.